The van der Waals surface area contributed by atoms with Crippen molar-refractivity contribution in [2.24, 2.45) is 0 Å². The molecule has 0 aliphatic carbocycles. The first-order valence-electron chi connectivity index (χ1n) is 16.4. The number of benzene rings is 3. The lowest BCUT2D eigenvalue weighted by Crippen LogP contribution is -2.55. The minimum Gasteiger partial charge on any atom is -0.347 e. The number of hydrogen-bond donors (Lipinski definition) is 2. The van der Waals surface area contributed by atoms with Crippen LogP contribution < -0.4 is 15.5 Å². The maximum absolute atomic E-state index is 14.4. The fraction of sp³-hybridized carbons (Fsp3) is 0.297. The Labute approximate surface area is 294 Å². The molecule has 15 heteroatoms. The molecular weight excluding hydrogens is 690 g/mol. The molecule has 3 aromatic carbocycles. The number of likely N-dealkylation sites (N-methyl/N-ethyl adjacent to an activating group) is 1. The monoisotopic (exact) mass is 724 g/mol. The molecule has 9 nitrogen and oxygen atoms in total. The average Bonchev–Trinajstić information content (AvgIpc) is 3.66. The molecule has 6 rings (SSSR count). The molecule has 3 amide bonds. The van der Waals surface area contributed by atoms with Crippen LogP contribution in [0.2, 0.25) is 0 Å². The SMILES string of the molecule is C=C(CN1CCC(F)(F)C1)C(=O)NCc1nn(-c2ccccc2)c2c1[C@H](c1ccc(F)cc1)[C@@H](NC(=O)c1cccc(C(F)(F)F)c1)C(=O)N2CC. The molecule has 0 saturated carbocycles. The summed E-state index contributed by atoms with van der Waals surface area (Å²) in [5, 5.41) is 10.2. The first kappa shape index (κ1) is 36.4. The molecule has 2 aliphatic heterocycles. The van der Waals surface area contributed by atoms with Crippen LogP contribution in [0.25, 0.3) is 5.69 Å². The number of fused-ring (bicyclic) bond motifs is 1. The average molecular weight is 725 g/mol. The van der Waals surface area contributed by atoms with Crippen molar-refractivity contribution in [3.63, 3.8) is 0 Å². The quantitative estimate of drug-likeness (QED) is 0.158. The van der Waals surface area contributed by atoms with Gasteiger partial charge in [0.25, 0.3) is 17.7 Å². The van der Waals surface area contributed by atoms with Crippen molar-refractivity contribution in [3.05, 3.63) is 125 Å². The van der Waals surface area contributed by atoms with Gasteiger partial charge in [-0.1, -0.05) is 43.0 Å². The molecule has 1 fully saturated rings. The highest BCUT2D eigenvalue weighted by atomic mass is 19.4. The van der Waals surface area contributed by atoms with Gasteiger partial charge in [0.2, 0.25) is 5.91 Å². The Hall–Kier alpha value is -5.44. The Balaban J connectivity index is 1.42. The minimum atomic E-state index is -4.72. The number of rotatable bonds is 10. The molecule has 4 aromatic rings. The van der Waals surface area contributed by atoms with Crippen molar-refractivity contribution < 1.29 is 40.7 Å². The van der Waals surface area contributed by atoms with Crippen LogP contribution >= 0.6 is 0 Å². The van der Waals surface area contributed by atoms with Crippen molar-refractivity contribution in [1.82, 2.24) is 25.3 Å². The van der Waals surface area contributed by atoms with Gasteiger partial charge in [-0.2, -0.15) is 18.3 Å². The molecule has 2 N–H and O–H groups in total. The van der Waals surface area contributed by atoms with Crippen LogP contribution in [-0.2, 0) is 22.3 Å². The van der Waals surface area contributed by atoms with Crippen molar-refractivity contribution in [2.45, 2.75) is 43.9 Å². The molecule has 0 spiro atoms. The van der Waals surface area contributed by atoms with Crippen molar-refractivity contribution in [2.75, 3.05) is 31.1 Å². The number of amides is 3. The highest BCUT2D eigenvalue weighted by molar-refractivity contribution is 6.05. The van der Waals surface area contributed by atoms with Gasteiger partial charge in [0.05, 0.1) is 30.0 Å². The lowest BCUT2D eigenvalue weighted by molar-refractivity contribution is -0.137. The maximum Gasteiger partial charge on any atom is 0.416 e. The lowest BCUT2D eigenvalue weighted by Gasteiger charge is -2.38. The summed E-state index contributed by atoms with van der Waals surface area (Å²) in [6.07, 6.45) is -5.05. The number of para-hydroxylation sites is 1. The van der Waals surface area contributed by atoms with Crippen molar-refractivity contribution in [1.29, 1.82) is 0 Å². The molecule has 0 unspecified atom stereocenters. The second-order valence-corrected chi connectivity index (χ2v) is 12.7. The van der Waals surface area contributed by atoms with E-state index in [1.165, 1.54) is 44.8 Å². The normalized spacial score (nSPS) is 18.6. The predicted octanol–water partition coefficient (Wildman–Crippen LogP) is 5.84. The number of alkyl halides is 5. The molecule has 272 valence electrons. The number of nitrogens with zero attached hydrogens (tertiary/aromatic N) is 4. The largest absolute Gasteiger partial charge is 0.416 e. The van der Waals surface area contributed by atoms with Crippen LogP contribution in [0.4, 0.5) is 32.2 Å². The summed E-state index contributed by atoms with van der Waals surface area (Å²) in [7, 11) is 0. The molecule has 3 heterocycles. The van der Waals surface area contributed by atoms with Crippen LogP contribution in [0.15, 0.2) is 91.0 Å². The van der Waals surface area contributed by atoms with E-state index < -0.39 is 59.7 Å². The summed E-state index contributed by atoms with van der Waals surface area (Å²) in [6, 6.07) is 16.4. The Morgan fingerprint density at radius 3 is 2.37 bits per heavy atom. The van der Waals surface area contributed by atoms with E-state index >= 15 is 0 Å². The minimum absolute atomic E-state index is 0.0423. The molecule has 52 heavy (non-hydrogen) atoms. The van der Waals surface area contributed by atoms with Gasteiger partial charge in [-0.25, -0.2) is 17.9 Å². The molecular formula is C37H34F6N6O3. The van der Waals surface area contributed by atoms with Gasteiger partial charge in [-0.15, -0.1) is 0 Å². The van der Waals surface area contributed by atoms with Crippen LogP contribution in [0.1, 0.15) is 52.0 Å². The fourth-order valence-electron chi connectivity index (χ4n) is 6.62. The summed E-state index contributed by atoms with van der Waals surface area (Å²) >= 11 is 0. The lowest BCUT2D eigenvalue weighted by atomic mass is 9.80. The van der Waals surface area contributed by atoms with Crippen LogP contribution in [-0.4, -0.2) is 70.5 Å². The maximum atomic E-state index is 14.4. The van der Waals surface area contributed by atoms with Gasteiger partial charge in [0.15, 0.2) is 0 Å². The van der Waals surface area contributed by atoms with E-state index in [1.54, 1.807) is 37.3 Å². The van der Waals surface area contributed by atoms with Crippen LogP contribution in [0, 0.1) is 5.82 Å². The number of anilines is 1. The summed E-state index contributed by atoms with van der Waals surface area (Å²) < 4.78 is 83.9. The third-order valence-corrected chi connectivity index (χ3v) is 9.09. The number of likely N-dealkylation sites (tertiary alicyclic amines) is 1. The Morgan fingerprint density at radius 2 is 1.73 bits per heavy atom. The number of nitrogens with one attached hydrogen (secondary N) is 2. The second kappa shape index (κ2) is 14.3. The van der Waals surface area contributed by atoms with Gasteiger partial charge < -0.3 is 10.6 Å². The third-order valence-electron chi connectivity index (χ3n) is 9.09. The van der Waals surface area contributed by atoms with E-state index in [0.717, 1.165) is 12.1 Å². The third kappa shape index (κ3) is 7.45. The Bertz CT molecular complexity index is 2000. The standard InChI is InChI=1S/C37H34F6N6O3/c1-3-48-34-30(28(46-49(34)27-10-5-4-6-11-27)19-44-32(50)22(2)20-47-17-16-36(39,40)21-47)29(23-12-14-26(38)15-13-23)31(35(48)52)45-33(51)24-8-7-9-25(18-24)37(41,42)43/h4-15,18,29,31H,2-3,16-17,19-21H2,1H3,(H,44,50)(H,45,51)/t29-,31+/m0/s1. The van der Waals surface area contributed by atoms with Gasteiger partial charge in [-0.3, -0.25) is 24.2 Å². The van der Waals surface area contributed by atoms with Crippen molar-refractivity contribution >= 4 is 23.5 Å². The van der Waals surface area contributed by atoms with E-state index in [1.807, 2.05) is 0 Å². The van der Waals surface area contributed by atoms with Gasteiger partial charge in [-0.05, 0) is 55.0 Å². The zero-order valence-corrected chi connectivity index (χ0v) is 27.9. The van der Waals surface area contributed by atoms with E-state index in [4.69, 9.17) is 5.10 Å². The smallest absolute Gasteiger partial charge is 0.347 e. The second-order valence-electron chi connectivity index (χ2n) is 12.7. The molecule has 1 saturated heterocycles. The number of aromatic nitrogens is 2. The van der Waals surface area contributed by atoms with Gasteiger partial charge in [0, 0.05) is 48.7 Å². The summed E-state index contributed by atoms with van der Waals surface area (Å²) in [6.45, 7) is 4.86. The van der Waals surface area contributed by atoms with E-state index in [-0.39, 0.29) is 49.4 Å². The van der Waals surface area contributed by atoms with E-state index in [9.17, 15) is 40.7 Å². The van der Waals surface area contributed by atoms with Gasteiger partial charge in [0.1, 0.15) is 17.7 Å². The number of carbonyl (C=O) groups is 3. The Morgan fingerprint density at radius 1 is 1.02 bits per heavy atom. The van der Waals surface area contributed by atoms with Crippen LogP contribution in [0.3, 0.4) is 0 Å². The molecule has 0 bridgehead atoms. The van der Waals surface area contributed by atoms with Crippen LogP contribution in [0.5, 0.6) is 0 Å². The number of halogens is 6. The fourth-order valence-corrected chi connectivity index (χ4v) is 6.62. The van der Waals surface area contributed by atoms with E-state index in [2.05, 4.69) is 17.2 Å². The number of carbonyl (C=O) groups excluding carboxylic acids is 3. The van der Waals surface area contributed by atoms with Crippen molar-refractivity contribution in [3.8, 4) is 5.69 Å². The Kier molecular flexibility index (Phi) is 9.99. The molecule has 2 aliphatic rings. The summed E-state index contributed by atoms with van der Waals surface area (Å²) in [5.74, 6) is -6.36. The summed E-state index contributed by atoms with van der Waals surface area (Å²) in [4.78, 5) is 44.1. The predicted molar refractivity (Wildman–Crippen MR) is 180 cm³/mol. The molecule has 2 atom stereocenters. The summed E-state index contributed by atoms with van der Waals surface area (Å²) in [5.41, 5.74) is 0.219. The zero-order chi connectivity index (χ0) is 37.4. The van der Waals surface area contributed by atoms with Gasteiger partial charge >= 0.3 is 6.18 Å². The first-order valence-corrected chi connectivity index (χ1v) is 16.4. The highest BCUT2D eigenvalue weighted by Gasteiger charge is 2.46. The highest BCUT2D eigenvalue weighted by Crippen LogP contribution is 2.44. The zero-order valence-electron chi connectivity index (χ0n) is 27.9. The first-order chi connectivity index (χ1) is 24.7. The topological polar surface area (TPSA) is 99.6 Å². The van der Waals surface area contributed by atoms with E-state index in [0.29, 0.717) is 28.7 Å². The molecule has 0 radical (unpaired) electrons. The molecule has 1 aromatic heterocycles. The number of hydrogen-bond acceptors (Lipinski definition) is 5.